The molecule has 2 heterocycles. The number of halogens is 1. The first-order chi connectivity index (χ1) is 12.6. The standard InChI is InChI=1S/C21H25FN4/c1-24(2)13-16-11-12-25(14-16)15-20-23-19-10-6-9-18(22)21(19)26(20)17-7-4-3-5-8-17/h3-10,16H,11-15H2,1-2H3. The van der Waals surface area contributed by atoms with Crippen LogP contribution in [0.15, 0.2) is 48.5 Å². The molecular weight excluding hydrogens is 327 g/mol. The van der Waals surface area contributed by atoms with Crippen LogP contribution in [0.25, 0.3) is 16.7 Å². The number of hydrogen-bond donors (Lipinski definition) is 0. The molecule has 1 unspecified atom stereocenters. The zero-order valence-electron chi connectivity index (χ0n) is 15.4. The highest BCUT2D eigenvalue weighted by molar-refractivity contribution is 5.79. The SMILES string of the molecule is CN(C)CC1CCN(Cc2nc3cccc(F)c3n2-c2ccccc2)C1. The Balaban J connectivity index is 1.68. The predicted octanol–water partition coefficient (Wildman–Crippen LogP) is 3.55. The van der Waals surface area contributed by atoms with E-state index < -0.39 is 0 Å². The Bertz CT molecular complexity index is 888. The van der Waals surface area contributed by atoms with Crippen LogP contribution in [-0.4, -0.2) is 53.1 Å². The zero-order chi connectivity index (χ0) is 18.1. The molecular formula is C21H25FN4. The van der Waals surface area contributed by atoms with Crippen LogP contribution in [0.4, 0.5) is 4.39 Å². The fourth-order valence-electron chi connectivity index (χ4n) is 4.02. The summed E-state index contributed by atoms with van der Waals surface area (Å²) in [5, 5.41) is 0. The van der Waals surface area contributed by atoms with Gasteiger partial charge in [-0.05, 0) is 57.2 Å². The number of imidazole rings is 1. The molecule has 4 nitrogen and oxygen atoms in total. The number of nitrogens with zero attached hydrogens (tertiary/aromatic N) is 4. The summed E-state index contributed by atoms with van der Waals surface area (Å²) in [6, 6.07) is 15.1. The third-order valence-corrected chi connectivity index (χ3v) is 5.07. The van der Waals surface area contributed by atoms with Gasteiger partial charge >= 0.3 is 0 Å². The van der Waals surface area contributed by atoms with E-state index in [1.54, 1.807) is 6.07 Å². The van der Waals surface area contributed by atoms with E-state index in [1.165, 1.54) is 12.5 Å². The monoisotopic (exact) mass is 352 g/mol. The Morgan fingerprint density at radius 2 is 1.92 bits per heavy atom. The van der Waals surface area contributed by atoms with E-state index in [0.717, 1.165) is 37.7 Å². The lowest BCUT2D eigenvalue weighted by molar-refractivity contribution is 0.281. The molecule has 0 aliphatic carbocycles. The molecule has 0 N–H and O–H groups in total. The van der Waals surface area contributed by atoms with Crippen molar-refractivity contribution in [2.24, 2.45) is 5.92 Å². The highest BCUT2D eigenvalue weighted by Crippen LogP contribution is 2.26. The Kier molecular flexibility index (Phi) is 4.74. The molecule has 1 fully saturated rings. The third kappa shape index (κ3) is 3.37. The van der Waals surface area contributed by atoms with E-state index in [1.807, 2.05) is 41.0 Å². The lowest BCUT2D eigenvalue weighted by atomic mass is 10.1. The molecule has 136 valence electrons. The molecule has 0 spiro atoms. The number of para-hydroxylation sites is 2. The zero-order valence-corrected chi connectivity index (χ0v) is 15.4. The lowest BCUT2D eigenvalue weighted by Crippen LogP contribution is -2.26. The van der Waals surface area contributed by atoms with Crippen molar-refractivity contribution in [2.75, 3.05) is 33.7 Å². The average molecular weight is 352 g/mol. The molecule has 0 saturated carbocycles. The largest absolute Gasteiger partial charge is 0.309 e. The van der Waals surface area contributed by atoms with E-state index >= 15 is 0 Å². The average Bonchev–Trinajstić information content (AvgIpc) is 3.20. The molecule has 0 radical (unpaired) electrons. The summed E-state index contributed by atoms with van der Waals surface area (Å²) in [6.07, 6.45) is 1.21. The van der Waals surface area contributed by atoms with Gasteiger partial charge in [-0.25, -0.2) is 9.37 Å². The van der Waals surface area contributed by atoms with Gasteiger partial charge in [0.05, 0.1) is 12.1 Å². The smallest absolute Gasteiger partial charge is 0.149 e. The summed E-state index contributed by atoms with van der Waals surface area (Å²) in [5.41, 5.74) is 2.24. The van der Waals surface area contributed by atoms with Gasteiger partial charge in [-0.1, -0.05) is 24.3 Å². The molecule has 26 heavy (non-hydrogen) atoms. The second-order valence-corrected chi connectivity index (χ2v) is 7.46. The van der Waals surface area contributed by atoms with Crippen LogP contribution >= 0.6 is 0 Å². The third-order valence-electron chi connectivity index (χ3n) is 5.07. The van der Waals surface area contributed by atoms with Gasteiger partial charge in [0, 0.05) is 18.8 Å². The first kappa shape index (κ1) is 17.2. The maximum absolute atomic E-state index is 14.6. The van der Waals surface area contributed by atoms with E-state index in [0.29, 0.717) is 17.0 Å². The van der Waals surface area contributed by atoms with Crippen molar-refractivity contribution in [3.05, 3.63) is 60.2 Å². The number of hydrogen-bond acceptors (Lipinski definition) is 3. The molecule has 0 bridgehead atoms. The van der Waals surface area contributed by atoms with Gasteiger partial charge in [-0.15, -0.1) is 0 Å². The quantitative estimate of drug-likeness (QED) is 0.702. The van der Waals surface area contributed by atoms with Gasteiger partial charge in [0.2, 0.25) is 0 Å². The maximum atomic E-state index is 14.6. The van der Waals surface area contributed by atoms with Crippen LogP contribution in [-0.2, 0) is 6.54 Å². The van der Waals surface area contributed by atoms with E-state index in [2.05, 4.69) is 23.9 Å². The number of likely N-dealkylation sites (tertiary alicyclic amines) is 1. The molecule has 2 aromatic carbocycles. The summed E-state index contributed by atoms with van der Waals surface area (Å²) < 4.78 is 16.6. The second-order valence-electron chi connectivity index (χ2n) is 7.46. The highest BCUT2D eigenvalue weighted by atomic mass is 19.1. The fourth-order valence-corrected chi connectivity index (χ4v) is 4.02. The molecule has 3 aromatic rings. The van der Waals surface area contributed by atoms with Crippen LogP contribution in [0, 0.1) is 11.7 Å². The van der Waals surface area contributed by atoms with Crippen LogP contribution in [0.2, 0.25) is 0 Å². The van der Waals surface area contributed by atoms with Crippen molar-refractivity contribution in [1.82, 2.24) is 19.4 Å². The Labute approximate surface area is 153 Å². The molecule has 4 rings (SSSR count). The summed E-state index contributed by atoms with van der Waals surface area (Å²) >= 11 is 0. The van der Waals surface area contributed by atoms with Crippen LogP contribution < -0.4 is 0 Å². The molecule has 5 heteroatoms. The molecule has 1 saturated heterocycles. The van der Waals surface area contributed by atoms with Crippen molar-refractivity contribution in [3.8, 4) is 5.69 Å². The van der Waals surface area contributed by atoms with Crippen LogP contribution in [0.5, 0.6) is 0 Å². The predicted molar refractivity (Wildman–Crippen MR) is 103 cm³/mol. The minimum Gasteiger partial charge on any atom is -0.309 e. The van der Waals surface area contributed by atoms with Gasteiger partial charge in [-0.3, -0.25) is 9.47 Å². The molecule has 1 atom stereocenters. The molecule has 1 aliphatic rings. The number of benzene rings is 2. The summed E-state index contributed by atoms with van der Waals surface area (Å²) in [7, 11) is 4.25. The highest BCUT2D eigenvalue weighted by Gasteiger charge is 2.25. The lowest BCUT2D eigenvalue weighted by Gasteiger charge is -2.19. The first-order valence-corrected chi connectivity index (χ1v) is 9.20. The van der Waals surface area contributed by atoms with Gasteiger partial charge in [0.1, 0.15) is 17.2 Å². The van der Waals surface area contributed by atoms with E-state index in [-0.39, 0.29) is 5.82 Å². The van der Waals surface area contributed by atoms with Crippen LogP contribution in [0.3, 0.4) is 0 Å². The topological polar surface area (TPSA) is 24.3 Å². The molecule has 1 aliphatic heterocycles. The van der Waals surface area contributed by atoms with Gasteiger partial charge in [0.15, 0.2) is 0 Å². The minimum atomic E-state index is -0.225. The summed E-state index contributed by atoms with van der Waals surface area (Å²) in [5.74, 6) is 1.37. The second kappa shape index (κ2) is 7.17. The van der Waals surface area contributed by atoms with Gasteiger partial charge in [0.25, 0.3) is 0 Å². The van der Waals surface area contributed by atoms with Crippen molar-refractivity contribution >= 4 is 11.0 Å². The van der Waals surface area contributed by atoms with E-state index in [4.69, 9.17) is 4.98 Å². The van der Waals surface area contributed by atoms with Crippen molar-refractivity contribution in [1.29, 1.82) is 0 Å². The van der Waals surface area contributed by atoms with Crippen molar-refractivity contribution < 1.29 is 4.39 Å². The Morgan fingerprint density at radius 1 is 1.12 bits per heavy atom. The normalized spacial score (nSPS) is 18.2. The minimum absolute atomic E-state index is 0.225. The Hall–Kier alpha value is -2.24. The van der Waals surface area contributed by atoms with E-state index in [9.17, 15) is 4.39 Å². The summed E-state index contributed by atoms with van der Waals surface area (Å²) in [6.45, 7) is 3.99. The van der Waals surface area contributed by atoms with Crippen molar-refractivity contribution in [3.63, 3.8) is 0 Å². The van der Waals surface area contributed by atoms with Crippen LogP contribution in [0.1, 0.15) is 12.2 Å². The maximum Gasteiger partial charge on any atom is 0.149 e. The van der Waals surface area contributed by atoms with Crippen molar-refractivity contribution in [2.45, 2.75) is 13.0 Å². The molecule has 0 amide bonds. The summed E-state index contributed by atoms with van der Waals surface area (Å²) in [4.78, 5) is 9.46. The van der Waals surface area contributed by atoms with Gasteiger partial charge in [-0.2, -0.15) is 0 Å². The van der Waals surface area contributed by atoms with Gasteiger partial charge < -0.3 is 4.90 Å². The number of aromatic nitrogens is 2. The Morgan fingerprint density at radius 3 is 2.69 bits per heavy atom. The fraction of sp³-hybridized carbons (Fsp3) is 0.381. The number of rotatable bonds is 5. The first-order valence-electron chi connectivity index (χ1n) is 9.20. The number of fused-ring (bicyclic) bond motifs is 1. The molecule has 1 aromatic heterocycles.